The molecule has 3 atom stereocenters. The van der Waals surface area contributed by atoms with Gasteiger partial charge in [-0.15, -0.1) is 0 Å². The first-order chi connectivity index (χ1) is 13.6. The van der Waals surface area contributed by atoms with Crippen molar-refractivity contribution in [2.45, 2.75) is 45.4 Å². The molecule has 1 saturated heterocycles. The first kappa shape index (κ1) is 17.2. The third-order valence-electron chi connectivity index (χ3n) is 5.60. The van der Waals surface area contributed by atoms with E-state index in [1.54, 1.807) is 6.20 Å². The highest BCUT2D eigenvalue weighted by Crippen LogP contribution is 2.28. The minimum absolute atomic E-state index is 0.106. The molecule has 5 heterocycles. The molecule has 1 aliphatic rings. The van der Waals surface area contributed by atoms with E-state index < -0.39 is 0 Å². The van der Waals surface area contributed by atoms with Crippen LogP contribution in [-0.4, -0.2) is 36.7 Å². The average Bonchev–Trinajstić information content (AvgIpc) is 3.24. The molecule has 1 fully saturated rings. The monoisotopic (exact) mass is 377 g/mol. The molecule has 0 bridgehead atoms. The normalized spacial score (nSPS) is 22.9. The molecular weight excluding hydrogens is 354 g/mol. The second-order valence-electron chi connectivity index (χ2n) is 7.87. The van der Waals surface area contributed by atoms with Crippen LogP contribution in [0.15, 0.2) is 41.6 Å². The second-order valence-corrected chi connectivity index (χ2v) is 7.87. The fourth-order valence-corrected chi connectivity index (χ4v) is 4.42. The minimum Gasteiger partial charge on any atom is -0.376 e. The molecule has 28 heavy (non-hydrogen) atoms. The quantitative estimate of drug-likeness (QED) is 0.572. The maximum absolute atomic E-state index is 12.6. The molecule has 144 valence electrons. The lowest BCUT2D eigenvalue weighted by molar-refractivity contribution is -0.0548. The predicted molar refractivity (Wildman–Crippen MR) is 108 cm³/mol. The maximum atomic E-state index is 12.6. The summed E-state index contributed by atoms with van der Waals surface area (Å²) in [5.41, 5.74) is 4.14. The van der Waals surface area contributed by atoms with Crippen LogP contribution in [0.25, 0.3) is 33.3 Å². The van der Waals surface area contributed by atoms with Crippen molar-refractivity contribution in [2.75, 3.05) is 0 Å². The zero-order valence-electron chi connectivity index (χ0n) is 16.0. The van der Waals surface area contributed by atoms with Crippen LogP contribution in [0.4, 0.5) is 0 Å². The summed E-state index contributed by atoms with van der Waals surface area (Å²) in [4.78, 5) is 27.5. The summed E-state index contributed by atoms with van der Waals surface area (Å²) in [5.74, 6) is 0.414. The summed E-state index contributed by atoms with van der Waals surface area (Å²) in [6.45, 7) is 4.88. The number of hydrogen-bond donors (Lipinski definition) is 2. The van der Waals surface area contributed by atoms with Gasteiger partial charge >= 0.3 is 5.69 Å². The van der Waals surface area contributed by atoms with Crippen molar-refractivity contribution in [3.8, 4) is 11.1 Å². The highest BCUT2D eigenvalue weighted by Gasteiger charge is 2.25. The standard InChI is InChI=1S/C21H23N5O2/c1-12-5-14(6-13(2)28-12)11-26-18-8-17(10-24-20(18)25-21(26)27)16-7-15-3-4-22-19(15)23-9-16/h3-4,7-10,12-14H,5-6,11H2,1-2H3,(H,22,23)(H,24,25,27)/t12-,13+,14?. The molecule has 4 aromatic rings. The zero-order chi connectivity index (χ0) is 19.3. The molecule has 0 radical (unpaired) electrons. The molecule has 2 N–H and O–H groups in total. The van der Waals surface area contributed by atoms with Gasteiger partial charge in [0, 0.05) is 41.6 Å². The van der Waals surface area contributed by atoms with Crippen LogP contribution >= 0.6 is 0 Å². The smallest absolute Gasteiger partial charge is 0.327 e. The summed E-state index contributed by atoms with van der Waals surface area (Å²) in [7, 11) is 0. The summed E-state index contributed by atoms with van der Waals surface area (Å²) in [6.07, 6.45) is 7.87. The van der Waals surface area contributed by atoms with Gasteiger partial charge < -0.3 is 9.72 Å². The number of aromatic amines is 2. The second kappa shape index (κ2) is 6.60. The molecular formula is C21H23N5O2. The Morgan fingerprint density at radius 2 is 1.82 bits per heavy atom. The molecule has 4 aromatic heterocycles. The Kier molecular flexibility index (Phi) is 4.05. The van der Waals surface area contributed by atoms with Crippen LogP contribution < -0.4 is 5.69 Å². The van der Waals surface area contributed by atoms with Crippen LogP contribution in [0.3, 0.4) is 0 Å². The molecule has 1 unspecified atom stereocenters. The Morgan fingerprint density at radius 3 is 2.61 bits per heavy atom. The van der Waals surface area contributed by atoms with Gasteiger partial charge in [-0.2, -0.15) is 0 Å². The Bertz CT molecular complexity index is 1190. The third-order valence-corrected chi connectivity index (χ3v) is 5.60. The Morgan fingerprint density at radius 1 is 1.11 bits per heavy atom. The van der Waals surface area contributed by atoms with Gasteiger partial charge in [-0.05, 0) is 50.8 Å². The van der Waals surface area contributed by atoms with Crippen molar-refractivity contribution in [1.82, 2.24) is 24.5 Å². The van der Waals surface area contributed by atoms with Crippen molar-refractivity contribution < 1.29 is 4.74 Å². The zero-order valence-corrected chi connectivity index (χ0v) is 16.0. The van der Waals surface area contributed by atoms with Gasteiger partial charge in [-0.3, -0.25) is 9.55 Å². The Labute approximate surface area is 161 Å². The largest absolute Gasteiger partial charge is 0.376 e. The van der Waals surface area contributed by atoms with Crippen LogP contribution in [-0.2, 0) is 11.3 Å². The van der Waals surface area contributed by atoms with Crippen LogP contribution in [0.1, 0.15) is 26.7 Å². The van der Waals surface area contributed by atoms with E-state index in [2.05, 4.69) is 39.8 Å². The summed E-state index contributed by atoms with van der Waals surface area (Å²) in [6, 6.07) is 6.11. The highest BCUT2D eigenvalue weighted by atomic mass is 16.5. The van der Waals surface area contributed by atoms with Gasteiger partial charge in [0.25, 0.3) is 0 Å². The van der Waals surface area contributed by atoms with Gasteiger partial charge in [-0.25, -0.2) is 14.8 Å². The molecule has 0 spiro atoms. The molecule has 5 rings (SSSR count). The molecule has 1 aliphatic heterocycles. The number of fused-ring (bicyclic) bond motifs is 2. The minimum atomic E-state index is -0.106. The predicted octanol–water partition coefficient (Wildman–Crippen LogP) is 3.47. The molecule has 7 heteroatoms. The van der Waals surface area contributed by atoms with E-state index in [4.69, 9.17) is 4.74 Å². The number of pyridine rings is 2. The topological polar surface area (TPSA) is 88.6 Å². The number of H-pyrrole nitrogens is 2. The average molecular weight is 377 g/mol. The lowest BCUT2D eigenvalue weighted by atomic mass is 9.92. The van der Waals surface area contributed by atoms with Crippen molar-refractivity contribution in [3.05, 3.63) is 47.3 Å². The number of ether oxygens (including phenoxy) is 1. The van der Waals surface area contributed by atoms with E-state index in [-0.39, 0.29) is 17.9 Å². The number of aromatic nitrogens is 5. The fourth-order valence-electron chi connectivity index (χ4n) is 4.42. The molecule has 0 saturated carbocycles. The Hall–Kier alpha value is -2.93. The Balaban J connectivity index is 1.53. The molecule has 0 aromatic carbocycles. The number of rotatable bonds is 3. The number of hydrogen-bond acceptors (Lipinski definition) is 4. The van der Waals surface area contributed by atoms with Crippen molar-refractivity contribution in [1.29, 1.82) is 0 Å². The van der Waals surface area contributed by atoms with Gasteiger partial charge in [0.05, 0.1) is 17.7 Å². The highest BCUT2D eigenvalue weighted by molar-refractivity contribution is 5.84. The number of nitrogens with one attached hydrogen (secondary N) is 2. The van der Waals surface area contributed by atoms with Gasteiger partial charge in [0.2, 0.25) is 0 Å². The van der Waals surface area contributed by atoms with E-state index in [0.29, 0.717) is 18.1 Å². The fraction of sp³-hybridized carbons (Fsp3) is 0.381. The van der Waals surface area contributed by atoms with E-state index in [1.807, 2.05) is 29.1 Å². The molecule has 7 nitrogen and oxygen atoms in total. The molecule has 0 aliphatic carbocycles. The first-order valence-electron chi connectivity index (χ1n) is 9.74. The number of nitrogens with zero attached hydrogens (tertiary/aromatic N) is 3. The van der Waals surface area contributed by atoms with E-state index in [0.717, 1.165) is 40.5 Å². The first-order valence-corrected chi connectivity index (χ1v) is 9.74. The number of imidazole rings is 1. The molecule has 0 amide bonds. The summed E-state index contributed by atoms with van der Waals surface area (Å²) in [5, 5.41) is 1.05. The lowest BCUT2D eigenvalue weighted by Crippen LogP contribution is -2.33. The van der Waals surface area contributed by atoms with Gasteiger partial charge in [-0.1, -0.05) is 0 Å². The van der Waals surface area contributed by atoms with Gasteiger partial charge in [0.1, 0.15) is 5.65 Å². The lowest BCUT2D eigenvalue weighted by Gasteiger charge is -2.32. The maximum Gasteiger partial charge on any atom is 0.327 e. The van der Waals surface area contributed by atoms with E-state index >= 15 is 0 Å². The summed E-state index contributed by atoms with van der Waals surface area (Å²) < 4.78 is 7.66. The van der Waals surface area contributed by atoms with Crippen LogP contribution in [0.2, 0.25) is 0 Å². The van der Waals surface area contributed by atoms with Gasteiger partial charge in [0.15, 0.2) is 5.65 Å². The van der Waals surface area contributed by atoms with Crippen LogP contribution in [0, 0.1) is 5.92 Å². The third kappa shape index (κ3) is 3.01. The van der Waals surface area contributed by atoms with Crippen molar-refractivity contribution in [2.24, 2.45) is 5.92 Å². The van der Waals surface area contributed by atoms with E-state index in [9.17, 15) is 4.79 Å². The van der Waals surface area contributed by atoms with Crippen molar-refractivity contribution in [3.63, 3.8) is 0 Å². The SMILES string of the molecule is C[C@@H]1CC(Cn2c(=O)[nH]c3ncc(-c4cnc5[nH]ccc5c4)cc32)C[C@H](C)O1. The summed E-state index contributed by atoms with van der Waals surface area (Å²) >= 11 is 0. The van der Waals surface area contributed by atoms with Crippen molar-refractivity contribution >= 4 is 22.2 Å². The van der Waals surface area contributed by atoms with Crippen LogP contribution in [0.5, 0.6) is 0 Å². The van der Waals surface area contributed by atoms with E-state index in [1.165, 1.54) is 0 Å².